The minimum Gasteiger partial charge on any atom is -0.450 e. The van der Waals surface area contributed by atoms with Gasteiger partial charge in [0.1, 0.15) is 11.3 Å². The number of hydrogen-bond acceptors (Lipinski definition) is 5. The SMILES string of the molecule is O=C(Oc1ccc2c(=O)c(-c3ccc(Cl)cc3Cl)c(C(F)(F)F)oc2c1)[C@H]1CCCO1. The van der Waals surface area contributed by atoms with Crippen molar-refractivity contribution in [3.05, 3.63) is 62.4 Å². The first kappa shape index (κ1) is 21.7. The molecule has 0 aliphatic carbocycles. The summed E-state index contributed by atoms with van der Waals surface area (Å²) in [5.41, 5.74) is -2.22. The number of halogens is 5. The van der Waals surface area contributed by atoms with Gasteiger partial charge < -0.3 is 13.9 Å². The van der Waals surface area contributed by atoms with E-state index in [1.54, 1.807) is 0 Å². The summed E-state index contributed by atoms with van der Waals surface area (Å²) in [4.78, 5) is 25.1. The Bertz CT molecular complexity index is 1230. The summed E-state index contributed by atoms with van der Waals surface area (Å²) in [5.74, 6) is -2.25. The summed E-state index contributed by atoms with van der Waals surface area (Å²) in [7, 11) is 0. The summed E-state index contributed by atoms with van der Waals surface area (Å²) >= 11 is 11.9. The molecular formula is C21H13Cl2F3O5. The van der Waals surface area contributed by atoms with Gasteiger partial charge in [-0.05, 0) is 37.1 Å². The summed E-state index contributed by atoms with van der Waals surface area (Å²) in [6.07, 6.45) is -4.53. The van der Waals surface area contributed by atoms with Crippen LogP contribution >= 0.6 is 23.2 Å². The molecule has 0 N–H and O–H groups in total. The maximum Gasteiger partial charge on any atom is 0.450 e. The average molecular weight is 473 g/mol. The van der Waals surface area contributed by atoms with Crippen LogP contribution in [0, 0.1) is 0 Å². The zero-order chi connectivity index (χ0) is 22.3. The predicted octanol–water partition coefficient (Wildman–Crippen LogP) is 5.87. The number of ether oxygens (including phenoxy) is 2. The highest BCUT2D eigenvalue weighted by Gasteiger charge is 2.40. The molecule has 1 atom stereocenters. The van der Waals surface area contributed by atoms with Crippen molar-refractivity contribution in [2.75, 3.05) is 6.61 Å². The molecule has 1 saturated heterocycles. The fourth-order valence-electron chi connectivity index (χ4n) is 3.32. The molecule has 1 aliphatic rings. The molecule has 2 heterocycles. The molecule has 4 rings (SSSR count). The lowest BCUT2D eigenvalue weighted by molar-refractivity contribution is -0.152. The third-order valence-corrected chi connectivity index (χ3v) is 5.28. The Labute approximate surface area is 183 Å². The van der Waals surface area contributed by atoms with Crippen LogP contribution in [0.1, 0.15) is 18.6 Å². The molecule has 3 aromatic rings. The second kappa shape index (κ2) is 8.18. The Balaban J connectivity index is 1.85. The van der Waals surface area contributed by atoms with Gasteiger partial charge >= 0.3 is 12.1 Å². The molecule has 0 amide bonds. The highest BCUT2D eigenvalue weighted by molar-refractivity contribution is 6.36. The number of alkyl halides is 3. The van der Waals surface area contributed by atoms with Gasteiger partial charge in [-0.2, -0.15) is 13.2 Å². The largest absolute Gasteiger partial charge is 0.450 e. The number of esters is 1. The van der Waals surface area contributed by atoms with Gasteiger partial charge in [0.25, 0.3) is 0 Å². The maximum atomic E-state index is 13.8. The third kappa shape index (κ3) is 4.28. The molecule has 1 aromatic heterocycles. The second-order valence-electron chi connectivity index (χ2n) is 6.84. The highest BCUT2D eigenvalue weighted by atomic mass is 35.5. The Hall–Kier alpha value is -2.55. The Morgan fingerprint density at radius 2 is 1.90 bits per heavy atom. The van der Waals surface area contributed by atoms with Gasteiger partial charge in [0.15, 0.2) is 6.10 Å². The van der Waals surface area contributed by atoms with Crippen LogP contribution in [0.2, 0.25) is 10.0 Å². The molecule has 0 spiro atoms. The van der Waals surface area contributed by atoms with Gasteiger partial charge in [-0.25, -0.2) is 4.79 Å². The highest BCUT2D eigenvalue weighted by Crippen LogP contribution is 2.40. The van der Waals surface area contributed by atoms with Crippen LogP contribution in [0.25, 0.3) is 22.1 Å². The Morgan fingerprint density at radius 3 is 2.55 bits per heavy atom. The molecule has 5 nitrogen and oxygen atoms in total. The fraction of sp³-hybridized carbons (Fsp3) is 0.238. The lowest BCUT2D eigenvalue weighted by Crippen LogP contribution is -2.24. The lowest BCUT2D eigenvalue weighted by atomic mass is 10.0. The van der Waals surface area contributed by atoms with E-state index in [2.05, 4.69) is 0 Å². The fourth-order valence-corrected chi connectivity index (χ4v) is 3.82. The van der Waals surface area contributed by atoms with Crippen molar-refractivity contribution < 1.29 is 31.9 Å². The van der Waals surface area contributed by atoms with Crippen LogP contribution in [-0.2, 0) is 15.7 Å². The van der Waals surface area contributed by atoms with E-state index in [9.17, 15) is 22.8 Å². The summed E-state index contributed by atoms with van der Waals surface area (Å²) < 4.78 is 56.8. The zero-order valence-electron chi connectivity index (χ0n) is 15.6. The standard InChI is InChI=1S/C21H13Cl2F3O5/c22-10-3-5-12(14(23)8-10)17-18(27)13-6-4-11(30-20(28)15-2-1-7-29-15)9-16(13)31-19(17)21(24,25)26/h3-6,8-9,15H,1-2,7H2/t15-/m1/s1. The van der Waals surface area contributed by atoms with Gasteiger partial charge in [0, 0.05) is 23.3 Å². The van der Waals surface area contributed by atoms with E-state index in [0.717, 1.165) is 6.07 Å². The van der Waals surface area contributed by atoms with E-state index < -0.39 is 35.0 Å². The summed E-state index contributed by atoms with van der Waals surface area (Å²) in [6, 6.07) is 7.36. The van der Waals surface area contributed by atoms with E-state index in [1.165, 1.54) is 30.3 Å². The molecule has 0 saturated carbocycles. The van der Waals surface area contributed by atoms with Crippen LogP contribution in [0.5, 0.6) is 5.75 Å². The minimum atomic E-state index is -4.99. The summed E-state index contributed by atoms with van der Waals surface area (Å²) in [6.45, 7) is 0.428. The zero-order valence-corrected chi connectivity index (χ0v) is 17.1. The second-order valence-corrected chi connectivity index (χ2v) is 7.68. The molecule has 1 aliphatic heterocycles. The summed E-state index contributed by atoms with van der Waals surface area (Å²) in [5, 5.41) is -0.0668. The van der Waals surface area contributed by atoms with Crippen LogP contribution in [0.3, 0.4) is 0 Å². The normalized spacial score (nSPS) is 16.6. The maximum absolute atomic E-state index is 13.8. The first-order chi connectivity index (χ1) is 14.6. The number of fused-ring (bicyclic) bond motifs is 1. The number of benzene rings is 2. The molecular weight excluding hydrogens is 460 g/mol. The average Bonchev–Trinajstić information content (AvgIpc) is 3.23. The predicted molar refractivity (Wildman–Crippen MR) is 108 cm³/mol. The van der Waals surface area contributed by atoms with Crippen molar-refractivity contribution >= 4 is 40.1 Å². The lowest BCUT2D eigenvalue weighted by Gasteiger charge is -2.14. The smallest absolute Gasteiger partial charge is 0.450 e. The quantitative estimate of drug-likeness (QED) is 0.352. The van der Waals surface area contributed by atoms with Crippen molar-refractivity contribution in [1.29, 1.82) is 0 Å². The Kier molecular flexibility index (Phi) is 5.72. The minimum absolute atomic E-state index is 0.0680. The van der Waals surface area contributed by atoms with Crippen LogP contribution < -0.4 is 10.2 Å². The molecule has 0 unspecified atom stereocenters. The van der Waals surface area contributed by atoms with Gasteiger partial charge in [-0.1, -0.05) is 29.3 Å². The molecule has 0 radical (unpaired) electrons. The molecule has 10 heteroatoms. The number of rotatable bonds is 3. The molecule has 0 bridgehead atoms. The number of hydrogen-bond donors (Lipinski definition) is 0. The first-order valence-corrected chi connectivity index (χ1v) is 9.87. The van der Waals surface area contributed by atoms with Gasteiger partial charge in [0.05, 0.1) is 16.0 Å². The number of carbonyl (C=O) groups excluding carboxylic acids is 1. The van der Waals surface area contributed by atoms with E-state index in [0.29, 0.717) is 19.4 Å². The molecule has 31 heavy (non-hydrogen) atoms. The van der Waals surface area contributed by atoms with E-state index in [-0.39, 0.29) is 32.3 Å². The van der Waals surface area contributed by atoms with Gasteiger partial charge in [-0.15, -0.1) is 0 Å². The van der Waals surface area contributed by atoms with E-state index in [1.807, 2.05) is 0 Å². The van der Waals surface area contributed by atoms with Crippen molar-refractivity contribution in [1.82, 2.24) is 0 Å². The van der Waals surface area contributed by atoms with Crippen LogP contribution in [0.15, 0.2) is 45.6 Å². The topological polar surface area (TPSA) is 65.7 Å². The molecule has 1 fully saturated rings. The first-order valence-electron chi connectivity index (χ1n) is 9.12. The van der Waals surface area contributed by atoms with Crippen molar-refractivity contribution in [3.8, 4) is 16.9 Å². The van der Waals surface area contributed by atoms with Gasteiger partial charge in [-0.3, -0.25) is 4.79 Å². The van der Waals surface area contributed by atoms with Crippen molar-refractivity contribution in [3.63, 3.8) is 0 Å². The molecule has 2 aromatic carbocycles. The van der Waals surface area contributed by atoms with Crippen molar-refractivity contribution in [2.24, 2.45) is 0 Å². The Morgan fingerprint density at radius 1 is 1.13 bits per heavy atom. The van der Waals surface area contributed by atoms with Crippen LogP contribution in [0.4, 0.5) is 13.2 Å². The number of carbonyl (C=O) groups is 1. The van der Waals surface area contributed by atoms with E-state index in [4.69, 9.17) is 37.1 Å². The van der Waals surface area contributed by atoms with Crippen molar-refractivity contribution in [2.45, 2.75) is 25.1 Å². The third-order valence-electron chi connectivity index (χ3n) is 4.73. The molecule has 162 valence electrons. The van der Waals surface area contributed by atoms with Gasteiger partial charge in [0.2, 0.25) is 11.2 Å². The van der Waals surface area contributed by atoms with E-state index >= 15 is 0 Å². The monoisotopic (exact) mass is 472 g/mol. The van der Waals surface area contributed by atoms with Crippen LogP contribution in [-0.4, -0.2) is 18.7 Å².